The lowest BCUT2D eigenvalue weighted by Crippen LogP contribution is -2.32. The zero-order valence-electron chi connectivity index (χ0n) is 9.34. The molecular weight excluding hydrogens is 222 g/mol. The van der Waals surface area contributed by atoms with Crippen LogP contribution in [-0.4, -0.2) is 29.2 Å². The Morgan fingerprint density at radius 1 is 1.47 bits per heavy atom. The summed E-state index contributed by atoms with van der Waals surface area (Å²) in [6.45, 7) is 1.69. The highest BCUT2D eigenvalue weighted by Crippen LogP contribution is 2.12. The van der Waals surface area contributed by atoms with E-state index in [1.807, 2.05) is 0 Å². The molecule has 0 fully saturated rings. The van der Waals surface area contributed by atoms with Gasteiger partial charge in [-0.05, 0) is 24.5 Å². The van der Waals surface area contributed by atoms with Gasteiger partial charge in [-0.1, -0.05) is 18.2 Å². The summed E-state index contributed by atoms with van der Waals surface area (Å²) in [5.74, 6) is -1.66. The Balaban J connectivity index is 2.93. The highest BCUT2D eigenvalue weighted by atomic mass is 16.4. The first-order valence-corrected chi connectivity index (χ1v) is 5.03. The molecule has 1 aromatic rings. The Kier molecular flexibility index (Phi) is 4.12. The normalized spacial score (nSPS) is 11.9. The quantitative estimate of drug-likeness (QED) is 0.435. The van der Waals surface area contributed by atoms with Gasteiger partial charge in [0.2, 0.25) is 5.78 Å². The van der Waals surface area contributed by atoms with Crippen LogP contribution in [0, 0.1) is 6.92 Å². The van der Waals surface area contributed by atoms with Crippen LogP contribution in [-0.2, 0) is 16.0 Å². The monoisotopic (exact) mass is 235 g/mol. The van der Waals surface area contributed by atoms with Crippen molar-refractivity contribution in [3.63, 3.8) is 0 Å². The molecule has 5 heteroatoms. The second-order valence-corrected chi connectivity index (χ2v) is 3.78. The molecule has 1 atom stereocenters. The fraction of sp³-hybridized carbons (Fsp3) is 0.250. The molecule has 0 bridgehead atoms. The van der Waals surface area contributed by atoms with Crippen molar-refractivity contribution in [1.82, 2.24) is 0 Å². The van der Waals surface area contributed by atoms with Gasteiger partial charge < -0.3 is 10.8 Å². The van der Waals surface area contributed by atoms with E-state index < -0.39 is 17.8 Å². The summed E-state index contributed by atoms with van der Waals surface area (Å²) in [7, 11) is 0. The van der Waals surface area contributed by atoms with Crippen LogP contribution in [0.25, 0.3) is 0 Å². The van der Waals surface area contributed by atoms with Crippen LogP contribution in [0.1, 0.15) is 21.5 Å². The second-order valence-electron chi connectivity index (χ2n) is 3.78. The first-order valence-electron chi connectivity index (χ1n) is 5.03. The molecule has 0 aliphatic rings. The topological polar surface area (TPSA) is 97.5 Å². The lowest BCUT2D eigenvalue weighted by molar-refractivity contribution is -0.138. The minimum absolute atomic E-state index is 0.186. The van der Waals surface area contributed by atoms with E-state index in [0.717, 1.165) is 5.56 Å². The van der Waals surface area contributed by atoms with Crippen molar-refractivity contribution < 1.29 is 19.5 Å². The third kappa shape index (κ3) is 3.22. The van der Waals surface area contributed by atoms with E-state index in [4.69, 9.17) is 10.8 Å². The zero-order valence-corrected chi connectivity index (χ0v) is 9.34. The molecule has 17 heavy (non-hydrogen) atoms. The van der Waals surface area contributed by atoms with Gasteiger partial charge in [0.1, 0.15) is 6.04 Å². The number of carbonyl (C=O) groups is 3. The number of aldehydes is 1. The van der Waals surface area contributed by atoms with Crippen molar-refractivity contribution in [2.24, 2.45) is 5.73 Å². The van der Waals surface area contributed by atoms with Crippen LogP contribution in [0.3, 0.4) is 0 Å². The first kappa shape index (κ1) is 13.1. The molecule has 0 amide bonds. The second kappa shape index (κ2) is 5.36. The van der Waals surface area contributed by atoms with Gasteiger partial charge >= 0.3 is 5.97 Å². The zero-order chi connectivity index (χ0) is 13.0. The standard InChI is InChI=1S/C12H13NO4/c1-7-4-8(5-10(13)12(16)17)2-3-9(7)11(15)6-14/h2-4,6,10H,5,13H2,1H3,(H,16,17). The third-order valence-corrected chi connectivity index (χ3v) is 2.44. The van der Waals surface area contributed by atoms with Crippen LogP contribution < -0.4 is 5.73 Å². The molecule has 1 aromatic carbocycles. The van der Waals surface area contributed by atoms with E-state index in [2.05, 4.69) is 0 Å². The maximum Gasteiger partial charge on any atom is 0.320 e. The molecule has 0 spiro atoms. The average Bonchev–Trinajstić information content (AvgIpc) is 2.28. The Morgan fingerprint density at radius 2 is 2.12 bits per heavy atom. The number of Topliss-reactive ketones (excluding diaryl/α,β-unsaturated/α-hetero) is 1. The van der Waals surface area contributed by atoms with E-state index >= 15 is 0 Å². The van der Waals surface area contributed by atoms with Crippen molar-refractivity contribution in [3.8, 4) is 0 Å². The number of hydrogen-bond acceptors (Lipinski definition) is 4. The molecule has 90 valence electrons. The molecule has 0 saturated carbocycles. The maximum absolute atomic E-state index is 11.2. The van der Waals surface area contributed by atoms with Gasteiger partial charge in [0, 0.05) is 5.56 Å². The lowest BCUT2D eigenvalue weighted by Gasteiger charge is -2.08. The number of aliphatic carboxylic acids is 1. The Bertz CT molecular complexity index is 468. The van der Waals surface area contributed by atoms with E-state index in [0.29, 0.717) is 11.1 Å². The molecule has 1 rings (SSSR count). The number of carbonyl (C=O) groups excluding carboxylic acids is 2. The lowest BCUT2D eigenvalue weighted by atomic mass is 9.99. The van der Waals surface area contributed by atoms with E-state index in [1.165, 1.54) is 6.07 Å². The minimum Gasteiger partial charge on any atom is -0.480 e. The number of rotatable bonds is 5. The fourth-order valence-corrected chi connectivity index (χ4v) is 1.53. The summed E-state index contributed by atoms with van der Waals surface area (Å²) in [5, 5.41) is 8.67. The van der Waals surface area contributed by atoms with Crippen LogP contribution in [0.15, 0.2) is 18.2 Å². The van der Waals surface area contributed by atoms with Gasteiger partial charge in [0.05, 0.1) is 0 Å². The summed E-state index contributed by atoms with van der Waals surface area (Å²) in [6.07, 6.45) is 0.441. The number of carboxylic acid groups (broad SMARTS) is 1. The molecule has 0 heterocycles. The van der Waals surface area contributed by atoms with Crippen LogP contribution in [0.4, 0.5) is 0 Å². The third-order valence-electron chi connectivity index (χ3n) is 2.44. The Hall–Kier alpha value is -2.01. The molecule has 1 unspecified atom stereocenters. The van der Waals surface area contributed by atoms with E-state index in [-0.39, 0.29) is 12.7 Å². The van der Waals surface area contributed by atoms with Crippen molar-refractivity contribution in [2.45, 2.75) is 19.4 Å². The molecule has 5 nitrogen and oxygen atoms in total. The van der Waals surface area contributed by atoms with Crippen molar-refractivity contribution in [2.75, 3.05) is 0 Å². The molecule has 0 saturated heterocycles. The summed E-state index contributed by atoms with van der Waals surface area (Å²) in [4.78, 5) is 32.1. The van der Waals surface area contributed by atoms with Gasteiger partial charge in [0.15, 0.2) is 6.29 Å². The predicted octanol–water partition coefficient (Wildman–Crippen LogP) is 0.331. The van der Waals surface area contributed by atoms with Crippen molar-refractivity contribution in [1.29, 1.82) is 0 Å². The minimum atomic E-state index is -1.07. The summed E-state index contributed by atoms with van der Waals surface area (Å²) < 4.78 is 0. The van der Waals surface area contributed by atoms with Crippen LogP contribution >= 0.6 is 0 Å². The number of benzene rings is 1. The molecule has 0 aliphatic heterocycles. The number of carboxylic acids is 1. The van der Waals surface area contributed by atoms with Gasteiger partial charge in [-0.3, -0.25) is 14.4 Å². The molecule has 0 aromatic heterocycles. The summed E-state index contributed by atoms with van der Waals surface area (Å²) in [6, 6.07) is 3.81. The highest BCUT2D eigenvalue weighted by molar-refractivity contribution is 6.33. The molecule has 0 aliphatic carbocycles. The Labute approximate surface area is 98.2 Å². The SMILES string of the molecule is Cc1cc(CC(N)C(=O)O)ccc1C(=O)C=O. The predicted molar refractivity (Wildman–Crippen MR) is 60.9 cm³/mol. The average molecular weight is 235 g/mol. The fourth-order valence-electron chi connectivity index (χ4n) is 1.53. The highest BCUT2D eigenvalue weighted by Gasteiger charge is 2.14. The number of ketones is 1. The van der Waals surface area contributed by atoms with Gasteiger partial charge in [-0.2, -0.15) is 0 Å². The number of hydrogen-bond donors (Lipinski definition) is 2. The van der Waals surface area contributed by atoms with Gasteiger partial charge in [0.25, 0.3) is 0 Å². The smallest absolute Gasteiger partial charge is 0.320 e. The van der Waals surface area contributed by atoms with Crippen LogP contribution in [0.5, 0.6) is 0 Å². The first-order chi connectivity index (χ1) is 7.95. The molecule has 0 radical (unpaired) electrons. The number of aryl methyl sites for hydroxylation is 1. The molecular formula is C12H13NO4. The maximum atomic E-state index is 11.2. The van der Waals surface area contributed by atoms with E-state index in [9.17, 15) is 14.4 Å². The largest absolute Gasteiger partial charge is 0.480 e. The Morgan fingerprint density at radius 3 is 2.59 bits per heavy atom. The summed E-state index contributed by atoms with van der Waals surface area (Å²) in [5.41, 5.74) is 7.08. The van der Waals surface area contributed by atoms with Gasteiger partial charge in [-0.15, -0.1) is 0 Å². The van der Waals surface area contributed by atoms with Crippen LogP contribution in [0.2, 0.25) is 0 Å². The van der Waals surface area contributed by atoms with Crippen molar-refractivity contribution >= 4 is 18.0 Å². The summed E-state index contributed by atoms with van der Waals surface area (Å²) >= 11 is 0. The van der Waals surface area contributed by atoms with Gasteiger partial charge in [-0.25, -0.2) is 0 Å². The van der Waals surface area contributed by atoms with Crippen molar-refractivity contribution in [3.05, 3.63) is 34.9 Å². The number of nitrogens with two attached hydrogens (primary N) is 1. The van der Waals surface area contributed by atoms with E-state index in [1.54, 1.807) is 19.1 Å². The molecule has 3 N–H and O–H groups in total.